The Hall–Kier alpha value is -2.35. The average Bonchev–Trinajstić information content (AvgIpc) is 2.82. The number of aliphatic hydroxyl groups excluding tert-OH is 1. The van der Waals surface area contributed by atoms with Gasteiger partial charge in [0.2, 0.25) is 0 Å². The van der Waals surface area contributed by atoms with E-state index in [0.717, 1.165) is 16.9 Å². The zero-order valence-electron chi connectivity index (χ0n) is 21.5. The number of benzene rings is 2. The van der Waals surface area contributed by atoms with Crippen LogP contribution in [0.1, 0.15) is 105 Å². The average molecular weight is 519 g/mol. The third kappa shape index (κ3) is 11.1. The lowest BCUT2D eigenvalue weighted by molar-refractivity contribution is -0.137. The molecule has 0 saturated heterocycles. The Kier molecular flexibility index (Phi) is 15.1. The highest BCUT2D eigenvalue weighted by Gasteiger charge is 2.23. The molecule has 2 aromatic carbocycles. The number of hydrogen-bond donors (Lipinski definition) is 3. The number of aromatic hydroxyl groups is 1. The number of aliphatic carboxylic acids is 1. The lowest BCUT2D eigenvalue weighted by Gasteiger charge is -2.23. The van der Waals surface area contributed by atoms with E-state index >= 15 is 0 Å². The van der Waals surface area contributed by atoms with E-state index in [4.69, 9.17) is 5.11 Å². The number of aliphatic hydroxyl groups is 1. The molecule has 7 heteroatoms. The number of carboxylic acids is 1. The summed E-state index contributed by atoms with van der Waals surface area (Å²) in [7, 11) is 0. The number of unbranched alkanes of at least 4 members (excludes halogenated alkanes) is 6. The Balaban J connectivity index is 0.00000648. The quantitative estimate of drug-likeness (QED) is 0.124. The highest BCUT2D eigenvalue weighted by Crippen LogP contribution is 2.41. The molecule has 0 heterocycles. The zero-order valence-corrected chi connectivity index (χ0v) is 22.4. The van der Waals surface area contributed by atoms with E-state index in [2.05, 4.69) is 19.1 Å². The molecule has 0 bridgehead atoms. The number of phenolic OH excluding ortho intramolecular Hbond substituents is 1. The number of phenols is 1. The van der Waals surface area contributed by atoms with Crippen LogP contribution in [-0.4, -0.2) is 38.7 Å². The van der Waals surface area contributed by atoms with Crippen LogP contribution >= 0.6 is 11.8 Å². The highest BCUT2D eigenvalue weighted by molar-refractivity contribution is 7.99. The van der Waals surface area contributed by atoms with Crippen LogP contribution in [0.25, 0.3) is 0 Å². The van der Waals surface area contributed by atoms with Crippen LogP contribution in [0, 0.1) is 0 Å². The fraction of sp³-hybridized carbons (Fsp3) is 0.517. The number of carbonyl (C=O) groups excluding carboxylic acids is 1. The summed E-state index contributed by atoms with van der Waals surface area (Å²) in [4.78, 5) is 23.3. The molecule has 0 fully saturated rings. The predicted octanol–water partition coefficient (Wildman–Crippen LogP) is 6.51. The molecule has 2 rings (SSSR count). The summed E-state index contributed by atoms with van der Waals surface area (Å²) < 4.78 is 0. The van der Waals surface area contributed by atoms with Crippen molar-refractivity contribution in [1.82, 2.24) is 0 Å². The maximum Gasteiger partial charge on any atom is 0.303 e. The number of ketones is 1. The van der Waals surface area contributed by atoms with E-state index in [1.807, 2.05) is 12.1 Å². The van der Waals surface area contributed by atoms with Gasteiger partial charge in [-0.3, -0.25) is 9.59 Å². The van der Waals surface area contributed by atoms with Crippen molar-refractivity contribution in [2.24, 2.45) is 0 Å². The van der Waals surface area contributed by atoms with Gasteiger partial charge in [0.15, 0.2) is 5.78 Å². The molecule has 2 aromatic rings. The predicted molar refractivity (Wildman–Crippen MR) is 146 cm³/mol. The third-order valence-corrected chi connectivity index (χ3v) is 7.60. The molecule has 0 spiro atoms. The maximum atomic E-state index is 11.6. The smallest absolute Gasteiger partial charge is 0.303 e. The molecule has 0 aliphatic carbocycles. The largest absolute Gasteiger partial charge is 0.507 e. The van der Waals surface area contributed by atoms with Gasteiger partial charge in [-0.25, -0.2) is 0 Å². The number of carbonyl (C=O) groups is 2. The van der Waals surface area contributed by atoms with Crippen molar-refractivity contribution in [2.75, 3.05) is 0 Å². The number of aryl methyl sites for hydroxylation is 1. The van der Waals surface area contributed by atoms with Crippen molar-refractivity contribution in [2.45, 2.75) is 101 Å². The molecular weight excluding hydrogens is 476 g/mol. The van der Waals surface area contributed by atoms with Gasteiger partial charge in [-0.05, 0) is 61.9 Å². The molecule has 0 aromatic heterocycles. The summed E-state index contributed by atoms with van der Waals surface area (Å²) in [6.45, 7) is 3.64. The second-order valence-electron chi connectivity index (χ2n) is 9.24. The monoisotopic (exact) mass is 518 g/mol. The Bertz CT molecular complexity index is 928. The summed E-state index contributed by atoms with van der Waals surface area (Å²) in [5, 5.41) is 29.8. The number of rotatable bonds is 17. The minimum atomic E-state index is -0.874. The molecule has 0 saturated carbocycles. The van der Waals surface area contributed by atoms with Gasteiger partial charge in [-0.1, -0.05) is 69.7 Å². The lowest BCUT2D eigenvalue weighted by Crippen LogP contribution is -2.16. The Morgan fingerprint density at radius 3 is 2.14 bits per heavy atom. The molecule has 5 N–H and O–H groups in total. The molecule has 200 valence electrons. The van der Waals surface area contributed by atoms with E-state index in [-0.39, 0.29) is 34.2 Å². The summed E-state index contributed by atoms with van der Waals surface area (Å²) in [6.07, 6.45) is 9.98. The zero-order chi connectivity index (χ0) is 25.6. The van der Waals surface area contributed by atoms with Crippen LogP contribution in [0.5, 0.6) is 5.75 Å². The topological polar surface area (TPSA) is 126 Å². The summed E-state index contributed by atoms with van der Waals surface area (Å²) in [5.74, 6) is -1.16. The van der Waals surface area contributed by atoms with Gasteiger partial charge in [0.1, 0.15) is 5.75 Å². The van der Waals surface area contributed by atoms with Gasteiger partial charge in [-0.2, -0.15) is 0 Å². The summed E-state index contributed by atoms with van der Waals surface area (Å²) in [6, 6.07) is 13.2. The molecule has 0 aliphatic heterocycles. The molecule has 0 radical (unpaired) electrons. The number of hydrogen-bond acceptors (Lipinski definition) is 5. The Labute approximate surface area is 219 Å². The van der Waals surface area contributed by atoms with Gasteiger partial charge in [0.05, 0.1) is 16.9 Å². The van der Waals surface area contributed by atoms with Crippen molar-refractivity contribution >= 4 is 23.5 Å². The Morgan fingerprint density at radius 2 is 1.56 bits per heavy atom. The van der Waals surface area contributed by atoms with E-state index in [1.165, 1.54) is 69.2 Å². The fourth-order valence-corrected chi connectivity index (χ4v) is 5.38. The molecule has 2 atom stereocenters. The van der Waals surface area contributed by atoms with E-state index in [1.54, 1.807) is 18.2 Å². The first-order chi connectivity index (χ1) is 16.8. The summed E-state index contributed by atoms with van der Waals surface area (Å²) in [5.41, 5.74) is 2.49. The van der Waals surface area contributed by atoms with Gasteiger partial charge in [0, 0.05) is 11.3 Å². The van der Waals surface area contributed by atoms with Crippen LogP contribution in [-0.2, 0) is 11.2 Å². The van der Waals surface area contributed by atoms with Crippen LogP contribution in [0.3, 0.4) is 0 Å². The maximum absolute atomic E-state index is 11.6. The van der Waals surface area contributed by atoms with Crippen LogP contribution < -0.4 is 0 Å². The molecule has 6 nitrogen and oxygen atoms in total. The SMILES string of the molecule is CCCCCCCCCc1ccc(C(Sc2ccc(C(C)=O)c(O)c2)C(O)CCCC(=O)O)cc1.O. The van der Waals surface area contributed by atoms with E-state index in [9.17, 15) is 19.8 Å². The van der Waals surface area contributed by atoms with Crippen molar-refractivity contribution in [1.29, 1.82) is 0 Å². The van der Waals surface area contributed by atoms with Gasteiger partial charge in [-0.15, -0.1) is 11.8 Å². The van der Waals surface area contributed by atoms with Gasteiger partial charge >= 0.3 is 5.97 Å². The van der Waals surface area contributed by atoms with Crippen LogP contribution in [0.4, 0.5) is 0 Å². The molecule has 0 amide bonds. The standard InChI is InChI=1S/C29H40O5S.H2O/c1-3-4-5-6-7-8-9-11-22-14-16-23(17-15-22)29(26(31)12-10-13-28(33)34)35-24-18-19-25(21(2)30)27(32)20-24;/h14-20,26,29,31-32H,3-13H2,1-2H3,(H,33,34);1H2. The first-order valence-corrected chi connectivity index (χ1v) is 13.7. The van der Waals surface area contributed by atoms with Crippen molar-refractivity contribution in [3.05, 3.63) is 59.2 Å². The summed E-state index contributed by atoms with van der Waals surface area (Å²) >= 11 is 1.41. The Morgan fingerprint density at radius 1 is 0.917 bits per heavy atom. The van der Waals surface area contributed by atoms with Gasteiger partial charge < -0.3 is 20.8 Å². The number of Topliss-reactive ketones (excluding diaryl/α,β-unsaturated/α-hetero) is 1. The number of thioether (sulfide) groups is 1. The van der Waals surface area contributed by atoms with Crippen molar-refractivity contribution < 1.29 is 30.4 Å². The first-order valence-electron chi connectivity index (χ1n) is 12.8. The van der Waals surface area contributed by atoms with Crippen LogP contribution in [0.2, 0.25) is 0 Å². The lowest BCUT2D eigenvalue weighted by atomic mass is 9.99. The van der Waals surface area contributed by atoms with Gasteiger partial charge in [0.25, 0.3) is 0 Å². The highest BCUT2D eigenvalue weighted by atomic mass is 32.2. The molecule has 36 heavy (non-hydrogen) atoms. The minimum absolute atomic E-state index is 0. The second-order valence-corrected chi connectivity index (χ2v) is 10.5. The number of carboxylic acid groups (broad SMARTS) is 1. The van der Waals surface area contributed by atoms with Crippen molar-refractivity contribution in [3.63, 3.8) is 0 Å². The molecular formula is C29H42O6S. The molecule has 2 unspecified atom stereocenters. The first kappa shape index (κ1) is 31.7. The second kappa shape index (κ2) is 17.2. The normalized spacial score (nSPS) is 12.5. The van der Waals surface area contributed by atoms with E-state index < -0.39 is 12.1 Å². The van der Waals surface area contributed by atoms with Crippen molar-refractivity contribution in [3.8, 4) is 5.75 Å². The van der Waals surface area contributed by atoms with E-state index in [0.29, 0.717) is 12.8 Å². The minimum Gasteiger partial charge on any atom is -0.507 e. The fourth-order valence-electron chi connectivity index (χ4n) is 4.17. The van der Waals surface area contributed by atoms with Crippen LogP contribution in [0.15, 0.2) is 47.4 Å². The third-order valence-electron chi connectivity index (χ3n) is 6.23. The molecule has 0 aliphatic rings.